The van der Waals surface area contributed by atoms with Gasteiger partial charge in [0.15, 0.2) is 0 Å². The second-order valence-corrected chi connectivity index (χ2v) is 3.22. The third-order valence-corrected chi connectivity index (χ3v) is 2.11. The molecule has 0 bridgehead atoms. The maximum Gasteiger partial charge on any atom is 0.133 e. The molecule has 0 heterocycles. The van der Waals surface area contributed by atoms with Gasteiger partial charge >= 0.3 is 0 Å². The molecule has 0 amide bonds. The molecule has 1 atom stereocenters. The summed E-state index contributed by atoms with van der Waals surface area (Å²) in [4.78, 5) is 0. The van der Waals surface area contributed by atoms with Crippen LogP contribution in [0.1, 0.15) is 23.6 Å². The maximum absolute atomic E-state index is 13.5. The van der Waals surface area contributed by atoms with Crippen molar-refractivity contribution in [3.05, 3.63) is 47.5 Å². The first-order chi connectivity index (χ1) is 6.57. The van der Waals surface area contributed by atoms with Crippen LogP contribution in [0.3, 0.4) is 0 Å². The van der Waals surface area contributed by atoms with Crippen LogP contribution in [0.4, 0.5) is 8.78 Å². The highest BCUT2D eigenvalue weighted by atomic mass is 19.1. The van der Waals surface area contributed by atoms with E-state index in [1.54, 1.807) is 13.0 Å². The molecule has 0 saturated carbocycles. The van der Waals surface area contributed by atoms with Crippen molar-refractivity contribution in [2.45, 2.75) is 19.4 Å². The molecule has 0 aliphatic rings. The van der Waals surface area contributed by atoms with Gasteiger partial charge in [0.25, 0.3) is 0 Å². The first-order valence-electron chi connectivity index (χ1n) is 4.39. The average Bonchev–Trinajstić information content (AvgIpc) is 2.13. The van der Waals surface area contributed by atoms with Gasteiger partial charge in [0.2, 0.25) is 0 Å². The molecule has 1 aromatic rings. The highest BCUT2D eigenvalue weighted by Gasteiger charge is 2.16. The van der Waals surface area contributed by atoms with Gasteiger partial charge in [-0.3, -0.25) is 0 Å². The van der Waals surface area contributed by atoms with Gasteiger partial charge in [-0.1, -0.05) is 12.1 Å². The predicted molar refractivity (Wildman–Crippen MR) is 52.8 cm³/mol. The van der Waals surface area contributed by atoms with Gasteiger partial charge in [-0.25, -0.2) is 8.78 Å². The van der Waals surface area contributed by atoms with Gasteiger partial charge in [-0.05, 0) is 25.0 Å². The highest BCUT2D eigenvalue weighted by molar-refractivity contribution is 5.29. The highest BCUT2D eigenvalue weighted by Crippen LogP contribution is 2.23. The van der Waals surface area contributed by atoms with Crippen LogP contribution in [0.15, 0.2) is 24.8 Å². The molecular weight excluding hydrogens is 184 g/mol. The largest absolute Gasteiger partial charge is 0.324 e. The van der Waals surface area contributed by atoms with Gasteiger partial charge in [0.1, 0.15) is 11.6 Å². The quantitative estimate of drug-likeness (QED) is 0.741. The van der Waals surface area contributed by atoms with E-state index in [9.17, 15) is 8.78 Å². The van der Waals surface area contributed by atoms with Crippen LogP contribution < -0.4 is 5.73 Å². The topological polar surface area (TPSA) is 26.0 Å². The molecule has 3 heteroatoms. The van der Waals surface area contributed by atoms with Crippen molar-refractivity contribution < 1.29 is 8.78 Å². The minimum Gasteiger partial charge on any atom is -0.324 e. The summed E-state index contributed by atoms with van der Waals surface area (Å²) in [5.74, 6) is -1.15. The molecule has 0 spiro atoms. The van der Waals surface area contributed by atoms with Crippen molar-refractivity contribution in [1.29, 1.82) is 0 Å². The van der Waals surface area contributed by atoms with Crippen LogP contribution in [-0.4, -0.2) is 0 Å². The molecule has 1 rings (SSSR count). The summed E-state index contributed by atoms with van der Waals surface area (Å²) in [7, 11) is 0. The second kappa shape index (κ2) is 4.33. The van der Waals surface area contributed by atoms with E-state index in [1.807, 2.05) is 0 Å². The van der Waals surface area contributed by atoms with E-state index in [4.69, 9.17) is 5.73 Å². The number of hydrogen-bond acceptors (Lipinski definition) is 1. The summed E-state index contributed by atoms with van der Waals surface area (Å²) in [6.07, 6.45) is 1.91. The average molecular weight is 197 g/mol. The lowest BCUT2D eigenvalue weighted by atomic mass is 10.0. The summed E-state index contributed by atoms with van der Waals surface area (Å²) >= 11 is 0. The van der Waals surface area contributed by atoms with Crippen LogP contribution in [0.5, 0.6) is 0 Å². The van der Waals surface area contributed by atoms with E-state index in [-0.39, 0.29) is 5.56 Å². The molecule has 14 heavy (non-hydrogen) atoms. The minimum atomic E-state index is -0.660. The number of rotatable bonds is 3. The minimum absolute atomic E-state index is 0.0510. The van der Waals surface area contributed by atoms with Gasteiger partial charge in [-0.15, -0.1) is 6.58 Å². The third-order valence-electron chi connectivity index (χ3n) is 2.11. The molecule has 1 nitrogen and oxygen atoms in total. The molecule has 2 N–H and O–H groups in total. The Balaban J connectivity index is 3.17. The number of halogens is 2. The lowest BCUT2D eigenvalue weighted by molar-refractivity contribution is 0.522. The number of nitrogens with two attached hydrogens (primary N) is 1. The number of aryl methyl sites for hydroxylation is 1. The van der Waals surface area contributed by atoms with Crippen LogP contribution in [-0.2, 0) is 0 Å². The van der Waals surface area contributed by atoms with E-state index in [1.165, 1.54) is 12.1 Å². The fourth-order valence-electron chi connectivity index (χ4n) is 1.32. The molecule has 76 valence electrons. The van der Waals surface area contributed by atoms with Crippen LogP contribution in [0, 0.1) is 18.6 Å². The summed E-state index contributed by atoms with van der Waals surface area (Å²) in [5.41, 5.74) is 5.98. The molecule has 0 unspecified atom stereocenters. The Bertz CT molecular complexity index is 347. The van der Waals surface area contributed by atoms with Crippen molar-refractivity contribution in [3.63, 3.8) is 0 Å². The summed E-state index contributed by atoms with van der Waals surface area (Å²) in [6.45, 7) is 5.07. The van der Waals surface area contributed by atoms with Crippen LogP contribution in [0.2, 0.25) is 0 Å². The van der Waals surface area contributed by atoms with Gasteiger partial charge < -0.3 is 5.73 Å². The van der Waals surface area contributed by atoms with Gasteiger partial charge in [0.05, 0.1) is 0 Å². The summed E-state index contributed by atoms with van der Waals surface area (Å²) < 4.78 is 26.7. The van der Waals surface area contributed by atoms with E-state index in [0.717, 1.165) is 0 Å². The zero-order chi connectivity index (χ0) is 10.7. The summed E-state index contributed by atoms with van der Waals surface area (Å²) in [5, 5.41) is 0. The van der Waals surface area contributed by atoms with E-state index >= 15 is 0 Å². The molecule has 0 fully saturated rings. The van der Waals surface area contributed by atoms with Crippen LogP contribution >= 0.6 is 0 Å². The molecular formula is C11H13F2N. The van der Waals surface area contributed by atoms with Crippen molar-refractivity contribution in [2.75, 3.05) is 0 Å². The van der Waals surface area contributed by atoms with Crippen molar-refractivity contribution >= 4 is 0 Å². The van der Waals surface area contributed by atoms with Gasteiger partial charge in [-0.2, -0.15) is 0 Å². The molecule has 1 aromatic carbocycles. The first kappa shape index (κ1) is 10.9. The Morgan fingerprint density at radius 2 is 2.14 bits per heavy atom. The Morgan fingerprint density at radius 3 is 2.71 bits per heavy atom. The molecule has 0 aromatic heterocycles. The number of hydrogen-bond donors (Lipinski definition) is 1. The van der Waals surface area contributed by atoms with Crippen LogP contribution in [0.25, 0.3) is 0 Å². The lowest BCUT2D eigenvalue weighted by Gasteiger charge is -2.13. The first-order valence-corrected chi connectivity index (χ1v) is 4.39. The fourth-order valence-corrected chi connectivity index (χ4v) is 1.32. The molecule has 0 aliphatic carbocycles. The van der Waals surface area contributed by atoms with Gasteiger partial charge in [0, 0.05) is 11.6 Å². The zero-order valence-corrected chi connectivity index (χ0v) is 8.06. The van der Waals surface area contributed by atoms with E-state index in [2.05, 4.69) is 6.58 Å². The second-order valence-electron chi connectivity index (χ2n) is 3.22. The normalized spacial score (nSPS) is 12.6. The monoisotopic (exact) mass is 197 g/mol. The summed E-state index contributed by atoms with van der Waals surface area (Å²) in [6, 6.07) is 1.97. The van der Waals surface area contributed by atoms with Crippen molar-refractivity contribution in [2.24, 2.45) is 5.73 Å². The smallest absolute Gasteiger partial charge is 0.133 e. The number of benzene rings is 1. The lowest BCUT2D eigenvalue weighted by Crippen LogP contribution is -2.14. The molecule has 0 aliphatic heterocycles. The van der Waals surface area contributed by atoms with E-state index in [0.29, 0.717) is 12.0 Å². The third kappa shape index (κ3) is 1.99. The Labute approximate surface area is 82.2 Å². The zero-order valence-electron chi connectivity index (χ0n) is 8.06. The molecule has 0 saturated heterocycles. The standard InChI is InChI=1S/C11H13F2N/c1-3-4-9(14)10-8(12)6-5-7(2)11(10)13/h3,5-6,9H,1,4,14H2,2H3/t9-/m0/s1. The SMILES string of the molecule is C=CC[C@H](N)c1c(F)ccc(C)c1F. The fraction of sp³-hybridized carbons (Fsp3) is 0.273. The Morgan fingerprint density at radius 1 is 1.50 bits per heavy atom. The molecule has 0 radical (unpaired) electrons. The predicted octanol–water partition coefficient (Wildman–Crippen LogP) is 2.85. The maximum atomic E-state index is 13.5. The van der Waals surface area contributed by atoms with E-state index < -0.39 is 17.7 Å². The van der Waals surface area contributed by atoms with Crippen molar-refractivity contribution in [1.82, 2.24) is 0 Å². The van der Waals surface area contributed by atoms with Crippen molar-refractivity contribution in [3.8, 4) is 0 Å². The Hall–Kier alpha value is -1.22. The Kier molecular flexibility index (Phi) is 3.36.